The van der Waals surface area contributed by atoms with Crippen LogP contribution in [0.2, 0.25) is 10.3 Å². The summed E-state index contributed by atoms with van der Waals surface area (Å²) in [5, 5.41) is 3.20. The molecule has 0 saturated heterocycles. The fourth-order valence-corrected chi connectivity index (χ4v) is 2.38. The van der Waals surface area contributed by atoms with Crippen LogP contribution in [0.4, 0.5) is 5.69 Å². The van der Waals surface area contributed by atoms with Crippen LogP contribution in [-0.2, 0) is 0 Å². The molecule has 0 radical (unpaired) electrons. The Kier molecular flexibility index (Phi) is 5.04. The van der Waals surface area contributed by atoms with Crippen molar-refractivity contribution in [2.45, 2.75) is 13.8 Å². The van der Waals surface area contributed by atoms with Gasteiger partial charge in [0, 0.05) is 5.56 Å². The zero-order chi connectivity index (χ0) is 15.4. The molecule has 0 bridgehead atoms. The first-order chi connectivity index (χ1) is 10.0. The molecular formula is C15H14Cl2N2O2. The van der Waals surface area contributed by atoms with Crippen molar-refractivity contribution in [3.63, 3.8) is 0 Å². The van der Waals surface area contributed by atoms with Crippen molar-refractivity contribution in [3.05, 3.63) is 51.8 Å². The SMILES string of the molecule is CCOc1ccc(C(=O)Nc2c(C)cc(Cl)nc2Cl)cc1. The van der Waals surface area contributed by atoms with Crippen LogP contribution >= 0.6 is 23.2 Å². The number of carbonyl (C=O) groups is 1. The van der Waals surface area contributed by atoms with Gasteiger partial charge in [0.15, 0.2) is 5.15 Å². The maximum absolute atomic E-state index is 12.2. The lowest BCUT2D eigenvalue weighted by atomic mass is 10.2. The molecule has 1 N–H and O–H groups in total. The number of amides is 1. The van der Waals surface area contributed by atoms with Gasteiger partial charge in [0.25, 0.3) is 5.91 Å². The average Bonchev–Trinajstić information content (AvgIpc) is 2.43. The monoisotopic (exact) mass is 324 g/mol. The van der Waals surface area contributed by atoms with E-state index in [1.807, 2.05) is 6.92 Å². The highest BCUT2D eigenvalue weighted by molar-refractivity contribution is 6.35. The molecule has 21 heavy (non-hydrogen) atoms. The maximum atomic E-state index is 12.2. The Balaban J connectivity index is 2.18. The fourth-order valence-electron chi connectivity index (χ4n) is 1.80. The van der Waals surface area contributed by atoms with Crippen molar-refractivity contribution in [2.75, 3.05) is 11.9 Å². The lowest BCUT2D eigenvalue weighted by molar-refractivity contribution is 0.102. The number of anilines is 1. The maximum Gasteiger partial charge on any atom is 0.255 e. The fraction of sp³-hybridized carbons (Fsp3) is 0.200. The zero-order valence-electron chi connectivity index (χ0n) is 11.6. The molecule has 1 heterocycles. The van der Waals surface area contributed by atoms with Crippen molar-refractivity contribution in [1.29, 1.82) is 0 Å². The Morgan fingerprint density at radius 3 is 2.52 bits per heavy atom. The first-order valence-corrected chi connectivity index (χ1v) is 7.13. The summed E-state index contributed by atoms with van der Waals surface area (Å²) in [6, 6.07) is 8.50. The summed E-state index contributed by atoms with van der Waals surface area (Å²) in [6.07, 6.45) is 0. The van der Waals surface area contributed by atoms with Gasteiger partial charge >= 0.3 is 0 Å². The van der Waals surface area contributed by atoms with Crippen LogP contribution in [0.5, 0.6) is 5.75 Å². The van der Waals surface area contributed by atoms with Crippen LogP contribution < -0.4 is 10.1 Å². The smallest absolute Gasteiger partial charge is 0.255 e. The highest BCUT2D eigenvalue weighted by Gasteiger charge is 2.12. The van der Waals surface area contributed by atoms with Gasteiger partial charge in [-0.3, -0.25) is 4.79 Å². The molecule has 0 aliphatic rings. The summed E-state index contributed by atoms with van der Waals surface area (Å²) < 4.78 is 5.33. The summed E-state index contributed by atoms with van der Waals surface area (Å²) >= 11 is 11.8. The highest BCUT2D eigenvalue weighted by Crippen LogP contribution is 2.27. The van der Waals surface area contributed by atoms with E-state index in [1.54, 1.807) is 37.3 Å². The minimum atomic E-state index is -0.271. The molecule has 0 unspecified atom stereocenters. The predicted octanol–water partition coefficient (Wildman–Crippen LogP) is 4.35. The Hall–Kier alpha value is -1.78. The third-order valence-corrected chi connectivity index (χ3v) is 3.27. The normalized spacial score (nSPS) is 10.3. The minimum absolute atomic E-state index is 0.166. The third kappa shape index (κ3) is 3.86. The number of carbonyl (C=O) groups excluding carboxylic acids is 1. The highest BCUT2D eigenvalue weighted by atomic mass is 35.5. The van der Waals surface area contributed by atoms with E-state index in [-0.39, 0.29) is 16.2 Å². The van der Waals surface area contributed by atoms with Crippen molar-refractivity contribution >= 4 is 34.8 Å². The molecule has 0 aliphatic carbocycles. The van der Waals surface area contributed by atoms with E-state index in [0.717, 1.165) is 11.3 Å². The van der Waals surface area contributed by atoms with Gasteiger partial charge in [-0.2, -0.15) is 0 Å². The van der Waals surface area contributed by atoms with Crippen LogP contribution in [0.3, 0.4) is 0 Å². The average molecular weight is 325 g/mol. The van der Waals surface area contributed by atoms with E-state index in [9.17, 15) is 4.79 Å². The number of hydrogen-bond donors (Lipinski definition) is 1. The summed E-state index contributed by atoms with van der Waals surface area (Å²) in [7, 11) is 0. The Morgan fingerprint density at radius 2 is 1.95 bits per heavy atom. The number of aryl methyl sites for hydroxylation is 1. The number of benzene rings is 1. The minimum Gasteiger partial charge on any atom is -0.494 e. The Morgan fingerprint density at radius 1 is 1.29 bits per heavy atom. The molecule has 0 saturated carbocycles. The van der Waals surface area contributed by atoms with E-state index >= 15 is 0 Å². The van der Waals surface area contributed by atoms with E-state index in [0.29, 0.717) is 17.9 Å². The van der Waals surface area contributed by atoms with E-state index in [1.165, 1.54) is 0 Å². The number of pyridine rings is 1. The molecule has 1 aromatic carbocycles. The van der Waals surface area contributed by atoms with Gasteiger partial charge in [-0.05, 0) is 49.7 Å². The lowest BCUT2D eigenvalue weighted by Gasteiger charge is -2.10. The first kappa shape index (κ1) is 15.6. The van der Waals surface area contributed by atoms with Crippen molar-refractivity contribution < 1.29 is 9.53 Å². The summed E-state index contributed by atoms with van der Waals surface area (Å²) in [6.45, 7) is 4.28. The molecular weight excluding hydrogens is 311 g/mol. The molecule has 2 aromatic rings. The van der Waals surface area contributed by atoms with Crippen LogP contribution in [0, 0.1) is 6.92 Å². The molecule has 0 atom stereocenters. The third-order valence-electron chi connectivity index (χ3n) is 2.81. The standard InChI is InChI=1S/C15H14Cl2N2O2/c1-3-21-11-6-4-10(5-7-11)15(20)19-13-9(2)8-12(16)18-14(13)17/h4-8H,3H2,1-2H3,(H,19,20). The van der Waals surface area contributed by atoms with Gasteiger partial charge in [0.2, 0.25) is 0 Å². The van der Waals surface area contributed by atoms with E-state index in [2.05, 4.69) is 10.3 Å². The van der Waals surface area contributed by atoms with Gasteiger partial charge < -0.3 is 10.1 Å². The van der Waals surface area contributed by atoms with E-state index < -0.39 is 0 Å². The largest absolute Gasteiger partial charge is 0.494 e. The van der Waals surface area contributed by atoms with Gasteiger partial charge in [-0.1, -0.05) is 23.2 Å². The van der Waals surface area contributed by atoms with E-state index in [4.69, 9.17) is 27.9 Å². The topological polar surface area (TPSA) is 51.2 Å². The molecule has 6 heteroatoms. The second-order valence-corrected chi connectivity index (χ2v) is 5.08. The van der Waals surface area contributed by atoms with Crippen LogP contribution in [-0.4, -0.2) is 17.5 Å². The Labute approximate surface area is 133 Å². The number of aromatic nitrogens is 1. The summed E-state index contributed by atoms with van der Waals surface area (Å²) in [5.74, 6) is 0.448. The quantitative estimate of drug-likeness (QED) is 0.851. The number of nitrogens with zero attached hydrogens (tertiary/aromatic N) is 1. The molecule has 1 amide bonds. The second-order valence-electron chi connectivity index (χ2n) is 4.34. The van der Waals surface area contributed by atoms with Crippen molar-refractivity contribution in [2.24, 2.45) is 0 Å². The molecule has 0 spiro atoms. The first-order valence-electron chi connectivity index (χ1n) is 6.38. The molecule has 110 valence electrons. The van der Waals surface area contributed by atoms with Crippen molar-refractivity contribution in [3.8, 4) is 5.75 Å². The number of hydrogen-bond acceptors (Lipinski definition) is 3. The van der Waals surface area contributed by atoms with Crippen LogP contribution in [0.1, 0.15) is 22.8 Å². The molecule has 2 rings (SSSR count). The zero-order valence-corrected chi connectivity index (χ0v) is 13.1. The molecule has 1 aromatic heterocycles. The van der Waals surface area contributed by atoms with Crippen LogP contribution in [0.15, 0.2) is 30.3 Å². The number of rotatable bonds is 4. The summed E-state index contributed by atoms with van der Waals surface area (Å²) in [5.41, 5.74) is 1.71. The number of ether oxygens (including phenoxy) is 1. The molecule has 0 fully saturated rings. The Bertz CT molecular complexity index is 634. The van der Waals surface area contributed by atoms with Crippen LogP contribution in [0.25, 0.3) is 0 Å². The number of halogens is 2. The second kappa shape index (κ2) is 6.78. The summed E-state index contributed by atoms with van der Waals surface area (Å²) in [4.78, 5) is 16.1. The number of nitrogens with one attached hydrogen (secondary N) is 1. The van der Waals surface area contributed by atoms with Gasteiger partial charge in [0.05, 0.1) is 12.3 Å². The molecule has 4 nitrogen and oxygen atoms in total. The van der Waals surface area contributed by atoms with Gasteiger partial charge in [-0.15, -0.1) is 0 Å². The lowest BCUT2D eigenvalue weighted by Crippen LogP contribution is -2.13. The van der Waals surface area contributed by atoms with Crippen molar-refractivity contribution in [1.82, 2.24) is 4.98 Å². The predicted molar refractivity (Wildman–Crippen MR) is 84.6 cm³/mol. The van der Waals surface area contributed by atoms with Gasteiger partial charge in [0.1, 0.15) is 10.9 Å². The molecule has 0 aliphatic heterocycles. The van der Waals surface area contributed by atoms with Gasteiger partial charge in [-0.25, -0.2) is 4.98 Å².